The molecule has 1 aliphatic carbocycles. The zero-order valence-corrected chi connectivity index (χ0v) is 27.7. The Labute approximate surface area is 263 Å². The van der Waals surface area contributed by atoms with Gasteiger partial charge in [-0.3, -0.25) is 13.9 Å². The van der Waals surface area contributed by atoms with E-state index in [1.165, 1.54) is 4.31 Å². The third-order valence-electron chi connectivity index (χ3n) is 7.92. The molecule has 224 valence electrons. The van der Waals surface area contributed by atoms with Gasteiger partial charge in [-0.1, -0.05) is 112 Å². The van der Waals surface area contributed by atoms with Crippen LogP contribution in [0.25, 0.3) is 0 Å². The lowest BCUT2D eigenvalue weighted by atomic mass is 9.66. The molecule has 0 saturated carbocycles. The molecule has 3 aromatic rings. The predicted octanol–water partition coefficient (Wildman–Crippen LogP) is 7.73. The van der Waals surface area contributed by atoms with Crippen LogP contribution in [0, 0.1) is 10.8 Å². The molecule has 8 heteroatoms. The lowest BCUT2D eigenvalue weighted by Gasteiger charge is -2.51. The molecule has 2 aliphatic rings. The minimum atomic E-state index is -4.14. The number of ketones is 2. The maximum absolute atomic E-state index is 14.8. The molecule has 1 aliphatic heterocycles. The number of halogens is 1. The Hall–Kier alpha value is -3.49. The number of rotatable bonds is 5. The molecule has 5 rings (SSSR count). The standard InChI is InChI=1S/C35H37BrN2O4S/c1-33(2,3)26-20-35(21-27(31(26)40)34(4,5)6)32(30(39)24-16-18-25(36)19-17-24)38(29-15-11-10-14-28(29)37-35)43(41,42)22-23-12-8-7-9-13-23/h7-21,32,37H,22H2,1-6H3/t32-/m0/s1. The summed E-state index contributed by atoms with van der Waals surface area (Å²) in [7, 11) is -4.14. The molecule has 0 fully saturated rings. The van der Waals surface area contributed by atoms with E-state index in [1.54, 1.807) is 72.8 Å². The molecule has 0 bridgehead atoms. The average molecular weight is 662 g/mol. The van der Waals surface area contributed by atoms with Crippen molar-refractivity contribution in [2.75, 3.05) is 9.62 Å². The van der Waals surface area contributed by atoms with Gasteiger partial charge in [0.05, 0.1) is 17.1 Å². The molecule has 0 unspecified atom stereocenters. The summed E-state index contributed by atoms with van der Waals surface area (Å²) >= 11 is 3.44. The number of nitrogens with one attached hydrogen (secondary N) is 1. The van der Waals surface area contributed by atoms with Crippen LogP contribution in [0.2, 0.25) is 0 Å². The van der Waals surface area contributed by atoms with E-state index in [9.17, 15) is 18.0 Å². The van der Waals surface area contributed by atoms with Crippen molar-refractivity contribution in [3.63, 3.8) is 0 Å². The largest absolute Gasteiger partial charge is 0.369 e. The number of benzene rings is 3. The third kappa shape index (κ3) is 5.87. The summed E-state index contributed by atoms with van der Waals surface area (Å²) in [5.74, 6) is -0.776. The summed E-state index contributed by atoms with van der Waals surface area (Å²) in [6.07, 6.45) is 3.60. The van der Waals surface area contributed by atoms with Crippen LogP contribution in [0.4, 0.5) is 11.4 Å². The van der Waals surface area contributed by atoms with Crippen molar-refractivity contribution >= 4 is 48.9 Å². The fourth-order valence-electron chi connectivity index (χ4n) is 5.81. The van der Waals surface area contributed by atoms with Gasteiger partial charge in [-0.15, -0.1) is 0 Å². The zero-order valence-electron chi connectivity index (χ0n) is 25.3. The van der Waals surface area contributed by atoms with Crippen LogP contribution in [0.15, 0.2) is 107 Å². The molecule has 1 atom stereocenters. The Balaban J connectivity index is 1.86. The fourth-order valence-corrected chi connectivity index (χ4v) is 7.87. The number of sulfonamides is 1. The number of nitrogens with zero attached hydrogens (tertiary/aromatic N) is 1. The predicted molar refractivity (Wildman–Crippen MR) is 177 cm³/mol. The summed E-state index contributed by atoms with van der Waals surface area (Å²) in [5.41, 5.74) is 0.456. The number of fused-ring (bicyclic) bond motifs is 1. The van der Waals surface area contributed by atoms with Crippen molar-refractivity contribution in [1.29, 1.82) is 0 Å². The SMILES string of the molecule is CC(C)(C)C1=CC2(C=C(C(C)(C)C)C1=O)Nc1ccccc1N(S(=O)(=O)Cc1ccccc1)[C@H]2C(=O)c1ccc(Br)cc1. The van der Waals surface area contributed by atoms with Gasteiger partial charge >= 0.3 is 0 Å². The Morgan fingerprint density at radius 1 is 0.837 bits per heavy atom. The monoisotopic (exact) mass is 660 g/mol. The van der Waals surface area contributed by atoms with E-state index < -0.39 is 32.4 Å². The Bertz CT molecular complexity index is 1710. The highest BCUT2D eigenvalue weighted by Crippen LogP contribution is 2.49. The average Bonchev–Trinajstić information content (AvgIpc) is 2.92. The van der Waals surface area contributed by atoms with E-state index >= 15 is 0 Å². The number of hydrogen-bond acceptors (Lipinski definition) is 5. The molecule has 1 heterocycles. The fraction of sp³-hybridized carbons (Fsp3) is 0.314. The Morgan fingerprint density at radius 2 is 1.37 bits per heavy atom. The highest BCUT2D eigenvalue weighted by Gasteiger charge is 2.55. The molecule has 3 aromatic carbocycles. The van der Waals surface area contributed by atoms with Crippen LogP contribution in [0.1, 0.15) is 57.5 Å². The van der Waals surface area contributed by atoms with E-state index in [-0.39, 0.29) is 17.3 Å². The first kappa shape index (κ1) is 31.0. The summed E-state index contributed by atoms with van der Waals surface area (Å²) in [5, 5.41) is 3.57. The number of para-hydroxylation sites is 2. The lowest BCUT2D eigenvalue weighted by molar-refractivity contribution is -0.114. The molecule has 1 spiro atoms. The van der Waals surface area contributed by atoms with Crippen LogP contribution < -0.4 is 9.62 Å². The topological polar surface area (TPSA) is 83.6 Å². The quantitative estimate of drug-likeness (QED) is 0.283. The smallest absolute Gasteiger partial charge is 0.240 e. The first-order chi connectivity index (χ1) is 20.0. The molecule has 6 nitrogen and oxygen atoms in total. The van der Waals surface area contributed by atoms with Gasteiger partial charge in [-0.2, -0.15) is 0 Å². The minimum Gasteiger partial charge on any atom is -0.369 e. The van der Waals surface area contributed by atoms with Crippen LogP contribution in [-0.4, -0.2) is 31.6 Å². The number of allylic oxidation sites excluding steroid dienone is 2. The zero-order chi connectivity index (χ0) is 31.4. The van der Waals surface area contributed by atoms with Gasteiger partial charge in [0.25, 0.3) is 0 Å². The van der Waals surface area contributed by atoms with Gasteiger partial charge in [0.15, 0.2) is 11.6 Å². The molecule has 0 radical (unpaired) electrons. The van der Waals surface area contributed by atoms with Gasteiger partial charge in [-0.05, 0) is 52.8 Å². The Morgan fingerprint density at radius 3 is 1.93 bits per heavy atom. The van der Waals surface area contributed by atoms with Crippen molar-refractivity contribution in [2.24, 2.45) is 10.8 Å². The third-order valence-corrected chi connectivity index (χ3v) is 10.2. The normalized spacial score (nSPS) is 18.4. The molecule has 1 N–H and O–H groups in total. The van der Waals surface area contributed by atoms with Gasteiger partial charge in [0.2, 0.25) is 10.0 Å². The second kappa shape index (κ2) is 10.9. The maximum atomic E-state index is 14.8. The maximum Gasteiger partial charge on any atom is 0.240 e. The summed E-state index contributed by atoms with van der Waals surface area (Å²) in [4.78, 5) is 28.8. The van der Waals surface area contributed by atoms with E-state index in [2.05, 4.69) is 21.2 Å². The highest BCUT2D eigenvalue weighted by atomic mass is 79.9. The van der Waals surface area contributed by atoms with E-state index in [1.807, 2.05) is 59.7 Å². The van der Waals surface area contributed by atoms with Gasteiger partial charge in [-0.25, -0.2) is 8.42 Å². The molecule has 0 aromatic heterocycles. The van der Waals surface area contributed by atoms with Crippen molar-refractivity contribution in [3.8, 4) is 0 Å². The number of anilines is 2. The molecule has 0 saturated heterocycles. The molecule has 43 heavy (non-hydrogen) atoms. The second-order valence-electron chi connectivity index (χ2n) is 13.3. The number of hydrogen-bond donors (Lipinski definition) is 1. The molecular weight excluding hydrogens is 624 g/mol. The van der Waals surface area contributed by atoms with E-state index in [4.69, 9.17) is 0 Å². The van der Waals surface area contributed by atoms with Crippen LogP contribution in [-0.2, 0) is 20.6 Å². The summed E-state index contributed by atoms with van der Waals surface area (Å²) < 4.78 is 31.3. The Kier molecular flexibility index (Phi) is 7.84. The van der Waals surface area contributed by atoms with Gasteiger partial charge in [0.1, 0.15) is 11.6 Å². The number of carbonyl (C=O) groups is 2. The van der Waals surface area contributed by atoms with E-state index in [0.717, 1.165) is 4.47 Å². The first-order valence-electron chi connectivity index (χ1n) is 14.3. The van der Waals surface area contributed by atoms with Crippen molar-refractivity contribution < 1.29 is 18.0 Å². The van der Waals surface area contributed by atoms with E-state index in [0.29, 0.717) is 33.6 Å². The highest BCUT2D eigenvalue weighted by molar-refractivity contribution is 9.10. The number of Topliss-reactive ketones (excluding diaryl/α,β-unsaturated/α-hetero) is 2. The van der Waals surface area contributed by atoms with Crippen molar-refractivity contribution in [2.45, 2.75) is 58.9 Å². The summed E-state index contributed by atoms with van der Waals surface area (Å²) in [6, 6.07) is 21.7. The minimum absolute atomic E-state index is 0.0974. The molecular formula is C35H37BrN2O4S. The van der Waals surface area contributed by atoms with Crippen LogP contribution >= 0.6 is 15.9 Å². The van der Waals surface area contributed by atoms with Gasteiger partial charge in [0, 0.05) is 21.2 Å². The molecule has 0 amide bonds. The van der Waals surface area contributed by atoms with Gasteiger partial charge < -0.3 is 5.32 Å². The van der Waals surface area contributed by atoms with Crippen LogP contribution in [0.5, 0.6) is 0 Å². The first-order valence-corrected chi connectivity index (χ1v) is 16.7. The lowest BCUT2D eigenvalue weighted by Crippen LogP contribution is -2.65. The second-order valence-corrected chi connectivity index (χ2v) is 16.1. The summed E-state index contributed by atoms with van der Waals surface area (Å²) in [6.45, 7) is 11.8. The number of carbonyl (C=O) groups excluding carboxylic acids is 2. The van der Waals surface area contributed by atoms with Crippen molar-refractivity contribution in [3.05, 3.63) is 118 Å². The van der Waals surface area contributed by atoms with Crippen molar-refractivity contribution in [1.82, 2.24) is 0 Å². The van der Waals surface area contributed by atoms with Crippen LogP contribution in [0.3, 0.4) is 0 Å².